The minimum Gasteiger partial charge on any atom is -0.493 e. The lowest BCUT2D eigenvalue weighted by atomic mass is 9.92. The summed E-state index contributed by atoms with van der Waals surface area (Å²) < 4.78 is 5.94. The number of benzene rings is 1. The molecule has 0 radical (unpaired) electrons. The predicted molar refractivity (Wildman–Crippen MR) is 108 cm³/mol. The van der Waals surface area contributed by atoms with Gasteiger partial charge in [0.1, 0.15) is 5.75 Å². The van der Waals surface area contributed by atoms with Crippen LogP contribution >= 0.6 is 11.6 Å². The van der Waals surface area contributed by atoms with Gasteiger partial charge in [0.2, 0.25) is 0 Å². The average Bonchev–Trinajstić information content (AvgIpc) is 2.90. The summed E-state index contributed by atoms with van der Waals surface area (Å²) in [5.41, 5.74) is 0.917. The number of ether oxygens (including phenoxy) is 1. The number of aliphatic hydroxyl groups excluding tert-OH is 2. The maximum atomic E-state index is 10.4. The first-order valence-corrected chi connectivity index (χ1v) is 10.4. The van der Waals surface area contributed by atoms with Crippen molar-refractivity contribution in [1.82, 2.24) is 0 Å². The van der Waals surface area contributed by atoms with Crippen molar-refractivity contribution in [3.63, 3.8) is 0 Å². The molecule has 1 saturated carbocycles. The molecule has 0 aromatic heterocycles. The Morgan fingerprint density at radius 2 is 1.88 bits per heavy atom. The van der Waals surface area contributed by atoms with Gasteiger partial charge in [-0.25, -0.2) is 0 Å². The van der Waals surface area contributed by atoms with Gasteiger partial charge in [0.05, 0.1) is 18.8 Å². The number of rotatable bonds is 10. The van der Waals surface area contributed by atoms with E-state index >= 15 is 0 Å². The maximum Gasteiger partial charge on any atom is 0.119 e. The van der Waals surface area contributed by atoms with Gasteiger partial charge in [-0.2, -0.15) is 0 Å². The number of aliphatic hydroxyl groups is 2. The highest BCUT2D eigenvalue weighted by molar-refractivity contribution is 6.21. The Hall–Kier alpha value is -1.03. The molecule has 1 unspecified atom stereocenters. The van der Waals surface area contributed by atoms with E-state index in [1.165, 1.54) is 0 Å². The molecule has 1 aromatic rings. The van der Waals surface area contributed by atoms with Crippen LogP contribution in [-0.4, -0.2) is 28.3 Å². The topological polar surface area (TPSA) is 49.7 Å². The van der Waals surface area contributed by atoms with Crippen LogP contribution in [0.5, 0.6) is 5.75 Å². The number of hydrogen-bond donors (Lipinski definition) is 2. The zero-order chi connectivity index (χ0) is 18.9. The molecule has 0 amide bonds. The summed E-state index contributed by atoms with van der Waals surface area (Å²) >= 11 is 6.47. The number of allylic oxidation sites excluding steroid dienone is 2. The molecular formula is C22H33ClO3. The monoisotopic (exact) mass is 380 g/mol. The van der Waals surface area contributed by atoms with E-state index in [-0.39, 0.29) is 17.2 Å². The Labute approximate surface area is 163 Å². The lowest BCUT2D eigenvalue weighted by Gasteiger charge is -2.22. The van der Waals surface area contributed by atoms with Crippen molar-refractivity contribution >= 4 is 11.6 Å². The summed E-state index contributed by atoms with van der Waals surface area (Å²) in [6.45, 7) is 4.69. The van der Waals surface area contributed by atoms with Crippen molar-refractivity contribution in [2.75, 3.05) is 6.61 Å². The lowest BCUT2D eigenvalue weighted by Crippen LogP contribution is -2.27. The van der Waals surface area contributed by atoms with E-state index in [0.717, 1.165) is 43.4 Å². The molecule has 26 heavy (non-hydrogen) atoms. The van der Waals surface area contributed by atoms with Gasteiger partial charge in [-0.05, 0) is 49.3 Å². The van der Waals surface area contributed by atoms with Crippen LogP contribution in [0.2, 0.25) is 0 Å². The van der Waals surface area contributed by atoms with Crippen LogP contribution in [0.1, 0.15) is 64.0 Å². The number of unbranched alkanes of at least 4 members (excludes halogenated alkanes) is 1. The minimum absolute atomic E-state index is 0.00329. The van der Waals surface area contributed by atoms with Gasteiger partial charge >= 0.3 is 0 Å². The Kier molecular flexibility index (Phi) is 8.97. The van der Waals surface area contributed by atoms with Crippen LogP contribution in [0.4, 0.5) is 0 Å². The van der Waals surface area contributed by atoms with E-state index in [4.69, 9.17) is 16.3 Å². The van der Waals surface area contributed by atoms with Gasteiger partial charge in [-0.3, -0.25) is 0 Å². The Balaban J connectivity index is 1.91. The second-order valence-corrected chi connectivity index (χ2v) is 7.89. The first-order chi connectivity index (χ1) is 12.6. The highest BCUT2D eigenvalue weighted by Crippen LogP contribution is 2.39. The molecule has 1 aliphatic carbocycles. The van der Waals surface area contributed by atoms with Gasteiger partial charge < -0.3 is 14.9 Å². The Morgan fingerprint density at radius 1 is 1.15 bits per heavy atom. The van der Waals surface area contributed by atoms with Crippen LogP contribution in [0.25, 0.3) is 0 Å². The highest BCUT2D eigenvalue weighted by atomic mass is 35.5. The molecule has 2 N–H and O–H groups in total. The van der Waals surface area contributed by atoms with E-state index in [1.54, 1.807) is 0 Å². The summed E-state index contributed by atoms with van der Waals surface area (Å²) in [6, 6.07) is 7.61. The van der Waals surface area contributed by atoms with Crippen LogP contribution < -0.4 is 4.74 Å². The minimum atomic E-state index is -0.415. The largest absolute Gasteiger partial charge is 0.493 e. The average molecular weight is 381 g/mol. The molecule has 3 nitrogen and oxygen atoms in total. The first kappa shape index (κ1) is 21.3. The quantitative estimate of drug-likeness (QED) is 0.430. The molecule has 0 bridgehead atoms. The molecule has 1 aromatic carbocycles. The number of alkyl halides is 1. The van der Waals surface area contributed by atoms with Gasteiger partial charge in [-0.1, -0.05) is 51.0 Å². The molecule has 0 spiro atoms. The van der Waals surface area contributed by atoms with E-state index in [9.17, 15) is 10.2 Å². The maximum absolute atomic E-state index is 10.4. The van der Waals surface area contributed by atoms with E-state index in [0.29, 0.717) is 13.0 Å². The number of halogens is 1. The molecule has 0 aliphatic heterocycles. The number of hydrogen-bond acceptors (Lipinski definition) is 3. The standard InChI is InChI=1S/C22H33ClO3/c1-3-5-6-7-9-18-19(22(25)14-20(18)23)15-26-17-12-10-16(11-13-17)21(24)8-4-2/h6-7,10-13,18-22,24-25H,3-5,8-9,14-15H2,1-2H3/b7-6-/t18-,19-,20-,21?,22-/m1/s1. The highest BCUT2D eigenvalue weighted by Gasteiger charge is 2.41. The Bertz CT molecular complexity index is 543. The van der Waals surface area contributed by atoms with Crippen molar-refractivity contribution in [2.24, 2.45) is 11.8 Å². The second kappa shape index (κ2) is 11.0. The molecule has 2 rings (SSSR count). The summed E-state index contributed by atoms with van der Waals surface area (Å²) in [5, 5.41) is 20.4. The molecular weight excluding hydrogens is 348 g/mol. The fourth-order valence-corrected chi connectivity index (χ4v) is 4.12. The summed E-state index contributed by atoms with van der Waals surface area (Å²) in [4.78, 5) is 0. The van der Waals surface area contributed by atoms with E-state index in [2.05, 4.69) is 26.0 Å². The van der Waals surface area contributed by atoms with Crippen LogP contribution in [0.15, 0.2) is 36.4 Å². The van der Waals surface area contributed by atoms with Gasteiger partial charge in [0.15, 0.2) is 0 Å². The van der Waals surface area contributed by atoms with Gasteiger partial charge in [0, 0.05) is 11.3 Å². The normalized spacial score (nSPS) is 27.1. The molecule has 1 aliphatic rings. The van der Waals surface area contributed by atoms with Crippen molar-refractivity contribution < 1.29 is 14.9 Å². The third-order valence-corrected chi connectivity index (χ3v) is 5.78. The fraction of sp³-hybridized carbons (Fsp3) is 0.636. The van der Waals surface area contributed by atoms with Crippen molar-refractivity contribution in [3.8, 4) is 5.75 Å². The fourth-order valence-electron chi connectivity index (χ4n) is 3.65. The Morgan fingerprint density at radius 3 is 2.54 bits per heavy atom. The van der Waals surface area contributed by atoms with Crippen molar-refractivity contribution in [2.45, 2.75) is 70.0 Å². The molecule has 146 valence electrons. The van der Waals surface area contributed by atoms with Crippen molar-refractivity contribution in [3.05, 3.63) is 42.0 Å². The lowest BCUT2D eigenvalue weighted by molar-refractivity contribution is 0.0807. The van der Waals surface area contributed by atoms with Crippen LogP contribution in [0.3, 0.4) is 0 Å². The van der Waals surface area contributed by atoms with Gasteiger partial charge in [-0.15, -0.1) is 11.6 Å². The zero-order valence-electron chi connectivity index (χ0n) is 16.0. The SMILES string of the molecule is CCC/C=C\C[C@@H]1[C@@H](COc2ccc(C(O)CCC)cc2)[C@H](O)C[C@H]1Cl. The van der Waals surface area contributed by atoms with E-state index < -0.39 is 12.2 Å². The summed E-state index contributed by atoms with van der Waals surface area (Å²) in [5.74, 6) is 1.06. The van der Waals surface area contributed by atoms with Crippen LogP contribution in [-0.2, 0) is 0 Å². The second-order valence-electron chi connectivity index (χ2n) is 7.33. The third kappa shape index (κ3) is 6.00. The van der Waals surface area contributed by atoms with E-state index in [1.807, 2.05) is 24.3 Å². The molecule has 0 saturated heterocycles. The van der Waals surface area contributed by atoms with Crippen molar-refractivity contribution in [1.29, 1.82) is 0 Å². The first-order valence-electron chi connectivity index (χ1n) is 9.94. The third-order valence-electron chi connectivity index (χ3n) is 5.28. The molecule has 1 fully saturated rings. The predicted octanol–water partition coefficient (Wildman–Crippen LogP) is 5.25. The summed E-state index contributed by atoms with van der Waals surface area (Å²) in [7, 11) is 0. The van der Waals surface area contributed by atoms with Gasteiger partial charge in [0.25, 0.3) is 0 Å². The smallest absolute Gasteiger partial charge is 0.119 e. The molecule has 0 heterocycles. The molecule has 5 atom stereocenters. The zero-order valence-corrected chi connectivity index (χ0v) is 16.7. The molecule has 4 heteroatoms. The van der Waals surface area contributed by atoms with Crippen LogP contribution in [0, 0.1) is 11.8 Å². The summed E-state index contributed by atoms with van der Waals surface area (Å²) in [6.07, 6.45) is 9.03.